The summed E-state index contributed by atoms with van der Waals surface area (Å²) in [5, 5.41) is 11.5. The lowest BCUT2D eigenvalue weighted by atomic mass is 9.96. The molecule has 0 aromatic carbocycles. The molecule has 2 aliphatic rings. The van der Waals surface area contributed by atoms with Crippen molar-refractivity contribution in [3.63, 3.8) is 0 Å². The number of fused-ring (bicyclic) bond motifs is 1. The largest absolute Gasteiger partial charge is 0.351 e. The standard InChI is InChI=1S/C17H23N7O/c1-12-21-22-15-6-5-14(11-24(12)15)20-16(25)13-4-2-9-23(10-13)17-18-7-3-8-19-17/h3,7-8,13-14H,2,4-6,9-11H2,1H3,(H,20,25)/t13-,14-/m0/s1. The van der Waals surface area contributed by atoms with Crippen molar-refractivity contribution in [2.45, 2.75) is 45.2 Å². The van der Waals surface area contributed by atoms with Gasteiger partial charge in [0.1, 0.15) is 11.6 Å². The van der Waals surface area contributed by atoms with E-state index >= 15 is 0 Å². The number of aromatic nitrogens is 5. The highest BCUT2D eigenvalue weighted by Gasteiger charge is 2.30. The Bertz CT molecular complexity index is 745. The van der Waals surface area contributed by atoms with Crippen LogP contribution in [0.5, 0.6) is 0 Å². The Hall–Kier alpha value is -2.51. The van der Waals surface area contributed by atoms with Crippen LogP contribution in [0.1, 0.15) is 30.9 Å². The highest BCUT2D eigenvalue weighted by atomic mass is 16.2. The Morgan fingerprint density at radius 1 is 1.20 bits per heavy atom. The molecule has 0 unspecified atom stereocenters. The van der Waals surface area contributed by atoms with E-state index in [9.17, 15) is 4.79 Å². The second kappa shape index (κ2) is 6.78. The zero-order valence-electron chi connectivity index (χ0n) is 14.4. The Balaban J connectivity index is 1.37. The van der Waals surface area contributed by atoms with Gasteiger partial charge in [-0.05, 0) is 32.3 Å². The lowest BCUT2D eigenvalue weighted by molar-refractivity contribution is -0.126. The van der Waals surface area contributed by atoms with Crippen LogP contribution in [-0.4, -0.2) is 49.8 Å². The van der Waals surface area contributed by atoms with Crippen LogP contribution in [0.3, 0.4) is 0 Å². The molecule has 1 amide bonds. The number of anilines is 1. The SMILES string of the molecule is Cc1nnc2n1C[C@@H](NC(=O)[C@H]1CCCN(c3ncccn3)C1)CC2. The highest BCUT2D eigenvalue weighted by Crippen LogP contribution is 2.21. The highest BCUT2D eigenvalue weighted by molar-refractivity contribution is 5.79. The first kappa shape index (κ1) is 16.0. The molecule has 8 nitrogen and oxygen atoms in total. The van der Waals surface area contributed by atoms with Crippen LogP contribution in [0.4, 0.5) is 5.95 Å². The average Bonchev–Trinajstić information content (AvgIpc) is 3.03. The van der Waals surface area contributed by atoms with Crippen molar-refractivity contribution in [1.82, 2.24) is 30.0 Å². The molecule has 132 valence electrons. The van der Waals surface area contributed by atoms with Crippen molar-refractivity contribution in [3.05, 3.63) is 30.1 Å². The summed E-state index contributed by atoms with van der Waals surface area (Å²) in [4.78, 5) is 23.5. The number of nitrogens with zero attached hydrogens (tertiary/aromatic N) is 6. The van der Waals surface area contributed by atoms with E-state index < -0.39 is 0 Å². The van der Waals surface area contributed by atoms with Gasteiger partial charge in [-0.3, -0.25) is 4.79 Å². The zero-order chi connectivity index (χ0) is 17.2. The molecule has 0 aliphatic carbocycles. The molecule has 2 atom stereocenters. The van der Waals surface area contributed by atoms with Gasteiger partial charge in [0.25, 0.3) is 0 Å². The third-order valence-electron chi connectivity index (χ3n) is 5.11. The van der Waals surface area contributed by atoms with E-state index in [1.165, 1.54) is 0 Å². The van der Waals surface area contributed by atoms with Gasteiger partial charge in [-0.1, -0.05) is 0 Å². The predicted molar refractivity (Wildman–Crippen MR) is 92.0 cm³/mol. The van der Waals surface area contributed by atoms with Crippen molar-refractivity contribution >= 4 is 11.9 Å². The summed E-state index contributed by atoms with van der Waals surface area (Å²) in [5.41, 5.74) is 0. The zero-order valence-corrected chi connectivity index (χ0v) is 14.4. The normalized spacial score (nSPS) is 23.2. The molecule has 1 saturated heterocycles. The molecule has 2 aromatic heterocycles. The third kappa shape index (κ3) is 3.33. The number of piperidine rings is 1. The Morgan fingerprint density at radius 2 is 2.04 bits per heavy atom. The molecular formula is C17H23N7O. The van der Waals surface area contributed by atoms with E-state index in [2.05, 4.69) is 34.9 Å². The molecule has 0 saturated carbocycles. The molecule has 8 heteroatoms. The van der Waals surface area contributed by atoms with Gasteiger partial charge < -0.3 is 14.8 Å². The molecule has 1 fully saturated rings. The van der Waals surface area contributed by atoms with Crippen molar-refractivity contribution in [2.24, 2.45) is 5.92 Å². The molecule has 0 spiro atoms. The maximum absolute atomic E-state index is 12.8. The van der Waals surface area contributed by atoms with Crippen LogP contribution >= 0.6 is 0 Å². The van der Waals surface area contributed by atoms with Crippen molar-refractivity contribution in [2.75, 3.05) is 18.0 Å². The molecule has 2 aliphatic heterocycles. The van der Waals surface area contributed by atoms with Crippen LogP contribution in [0.25, 0.3) is 0 Å². The summed E-state index contributed by atoms with van der Waals surface area (Å²) in [6.45, 7) is 4.30. The predicted octanol–water partition coefficient (Wildman–Crippen LogP) is 0.724. The Morgan fingerprint density at radius 3 is 2.88 bits per heavy atom. The summed E-state index contributed by atoms with van der Waals surface area (Å²) >= 11 is 0. The van der Waals surface area contributed by atoms with Crippen LogP contribution in [0.15, 0.2) is 18.5 Å². The summed E-state index contributed by atoms with van der Waals surface area (Å²) in [6, 6.07) is 1.96. The second-order valence-corrected chi connectivity index (χ2v) is 6.85. The first-order valence-corrected chi connectivity index (χ1v) is 8.92. The number of carbonyl (C=O) groups is 1. The number of hydrogen-bond donors (Lipinski definition) is 1. The van der Waals surface area contributed by atoms with Gasteiger partial charge in [-0.25, -0.2) is 9.97 Å². The number of amides is 1. The average molecular weight is 341 g/mol. The summed E-state index contributed by atoms with van der Waals surface area (Å²) in [6.07, 6.45) is 7.16. The minimum absolute atomic E-state index is 0.0130. The molecule has 4 rings (SSSR count). The molecule has 2 aromatic rings. The van der Waals surface area contributed by atoms with Gasteiger partial charge in [0.15, 0.2) is 0 Å². The van der Waals surface area contributed by atoms with Gasteiger partial charge in [0.05, 0.1) is 5.92 Å². The van der Waals surface area contributed by atoms with Crippen molar-refractivity contribution < 1.29 is 4.79 Å². The van der Waals surface area contributed by atoms with Crippen molar-refractivity contribution in [1.29, 1.82) is 0 Å². The van der Waals surface area contributed by atoms with Crippen LogP contribution in [0.2, 0.25) is 0 Å². The fourth-order valence-corrected chi connectivity index (χ4v) is 3.73. The van der Waals surface area contributed by atoms with E-state index in [1.807, 2.05) is 13.0 Å². The molecule has 0 bridgehead atoms. The first-order chi connectivity index (χ1) is 12.2. The fraction of sp³-hybridized carbons (Fsp3) is 0.588. The smallest absolute Gasteiger partial charge is 0.225 e. The monoisotopic (exact) mass is 341 g/mol. The third-order valence-corrected chi connectivity index (χ3v) is 5.11. The van der Waals surface area contributed by atoms with E-state index in [4.69, 9.17) is 0 Å². The minimum Gasteiger partial charge on any atom is -0.351 e. The van der Waals surface area contributed by atoms with E-state index in [0.717, 1.165) is 50.4 Å². The van der Waals surface area contributed by atoms with E-state index in [1.54, 1.807) is 12.4 Å². The number of aryl methyl sites for hydroxylation is 2. The molecular weight excluding hydrogens is 318 g/mol. The maximum Gasteiger partial charge on any atom is 0.225 e. The molecule has 4 heterocycles. The molecule has 0 radical (unpaired) electrons. The summed E-state index contributed by atoms with van der Waals surface area (Å²) in [5.74, 6) is 2.77. The number of rotatable bonds is 3. The van der Waals surface area contributed by atoms with Gasteiger partial charge >= 0.3 is 0 Å². The quantitative estimate of drug-likeness (QED) is 0.885. The van der Waals surface area contributed by atoms with Gasteiger partial charge in [-0.15, -0.1) is 10.2 Å². The fourth-order valence-electron chi connectivity index (χ4n) is 3.73. The summed E-state index contributed by atoms with van der Waals surface area (Å²) in [7, 11) is 0. The first-order valence-electron chi connectivity index (χ1n) is 8.92. The lowest BCUT2D eigenvalue weighted by Gasteiger charge is -2.33. The van der Waals surface area contributed by atoms with Crippen LogP contribution < -0.4 is 10.2 Å². The van der Waals surface area contributed by atoms with E-state index in [-0.39, 0.29) is 17.9 Å². The number of hydrogen-bond acceptors (Lipinski definition) is 6. The second-order valence-electron chi connectivity index (χ2n) is 6.85. The summed E-state index contributed by atoms with van der Waals surface area (Å²) < 4.78 is 2.11. The van der Waals surface area contributed by atoms with Gasteiger partial charge in [-0.2, -0.15) is 0 Å². The maximum atomic E-state index is 12.8. The molecule has 25 heavy (non-hydrogen) atoms. The number of carbonyl (C=O) groups excluding carboxylic acids is 1. The van der Waals surface area contributed by atoms with E-state index in [0.29, 0.717) is 12.5 Å². The lowest BCUT2D eigenvalue weighted by Crippen LogP contribution is -2.48. The van der Waals surface area contributed by atoms with Crippen molar-refractivity contribution in [3.8, 4) is 0 Å². The van der Waals surface area contributed by atoms with Gasteiger partial charge in [0, 0.05) is 44.5 Å². The topological polar surface area (TPSA) is 88.8 Å². The Kier molecular flexibility index (Phi) is 4.33. The van der Waals surface area contributed by atoms with Crippen LogP contribution in [-0.2, 0) is 17.8 Å². The minimum atomic E-state index is -0.0130. The molecule has 1 N–H and O–H groups in total. The van der Waals surface area contributed by atoms with Crippen LogP contribution in [0, 0.1) is 12.8 Å². The van der Waals surface area contributed by atoms with Gasteiger partial charge in [0.2, 0.25) is 11.9 Å². The number of nitrogens with one attached hydrogen (secondary N) is 1. The Labute approximate surface area is 146 Å².